The lowest BCUT2D eigenvalue weighted by molar-refractivity contribution is -0.313. The third-order valence-corrected chi connectivity index (χ3v) is 14.9. The van der Waals surface area contributed by atoms with Gasteiger partial charge in [0.15, 0.2) is 6.29 Å². The van der Waals surface area contributed by atoms with Gasteiger partial charge in [-0.05, 0) is 97.2 Å². The fourth-order valence-electron chi connectivity index (χ4n) is 12.0. The average molecular weight is 621 g/mol. The van der Waals surface area contributed by atoms with Crippen LogP contribution in [0, 0.1) is 50.2 Å². The molecule has 6 aliphatic rings. The molecule has 4 saturated carbocycles. The van der Waals surface area contributed by atoms with Crippen molar-refractivity contribution in [3.63, 3.8) is 0 Å². The van der Waals surface area contributed by atoms with Gasteiger partial charge in [-0.2, -0.15) is 0 Å². The summed E-state index contributed by atoms with van der Waals surface area (Å²) in [6.07, 6.45) is 2.66. The molecule has 1 aliphatic heterocycles. The summed E-state index contributed by atoms with van der Waals surface area (Å²) in [4.78, 5) is 13.0. The largest absolute Gasteiger partial charge is 0.481 e. The van der Waals surface area contributed by atoms with Crippen molar-refractivity contribution >= 4 is 5.97 Å². The zero-order chi connectivity index (χ0) is 32.3. The van der Waals surface area contributed by atoms with Gasteiger partial charge in [-0.15, -0.1) is 0 Å². The number of carbonyl (C=O) groups is 1. The number of aliphatic carboxylic acids is 1. The molecule has 9 heteroatoms. The second kappa shape index (κ2) is 10.5. The molecule has 0 amide bonds. The van der Waals surface area contributed by atoms with E-state index in [-0.39, 0.29) is 52.6 Å². The van der Waals surface area contributed by atoms with Gasteiger partial charge in [-0.1, -0.05) is 53.2 Å². The first-order chi connectivity index (χ1) is 20.4. The minimum absolute atomic E-state index is 0.00883. The number of hydrogen-bond acceptors (Lipinski definition) is 8. The molecule has 44 heavy (non-hydrogen) atoms. The molecule has 0 aromatic carbocycles. The lowest BCUT2D eigenvalue weighted by Gasteiger charge is -2.71. The van der Waals surface area contributed by atoms with Gasteiger partial charge in [-0.25, -0.2) is 0 Å². The average Bonchev–Trinajstić information content (AvgIpc) is 2.94. The van der Waals surface area contributed by atoms with Gasteiger partial charge in [-0.3, -0.25) is 4.79 Å². The minimum atomic E-state index is -1.38. The number of hydrogen-bond donors (Lipinski definition) is 6. The summed E-state index contributed by atoms with van der Waals surface area (Å²) in [5, 5.41) is 64.2. The fourth-order valence-corrected chi connectivity index (χ4v) is 12.0. The van der Waals surface area contributed by atoms with Gasteiger partial charge in [0.25, 0.3) is 0 Å². The number of rotatable bonds is 4. The Kier molecular flexibility index (Phi) is 7.81. The van der Waals surface area contributed by atoms with Crippen LogP contribution in [0.4, 0.5) is 0 Å². The van der Waals surface area contributed by atoms with Crippen LogP contribution in [0.3, 0.4) is 0 Å². The van der Waals surface area contributed by atoms with E-state index in [0.717, 1.165) is 38.5 Å². The van der Waals surface area contributed by atoms with Crippen LogP contribution in [-0.4, -0.2) is 86.6 Å². The fraction of sp³-hybridized carbons (Fsp3) is 0.914. The van der Waals surface area contributed by atoms with Crippen molar-refractivity contribution in [2.75, 3.05) is 13.2 Å². The van der Waals surface area contributed by atoms with Gasteiger partial charge in [0.2, 0.25) is 0 Å². The molecular weight excluding hydrogens is 564 g/mol. The first-order valence-electron chi connectivity index (χ1n) is 17.0. The van der Waals surface area contributed by atoms with E-state index in [0.29, 0.717) is 19.3 Å². The molecule has 0 spiro atoms. The van der Waals surface area contributed by atoms with Crippen LogP contribution in [0.5, 0.6) is 0 Å². The van der Waals surface area contributed by atoms with Crippen LogP contribution in [0.1, 0.15) is 99.3 Å². The van der Waals surface area contributed by atoms with E-state index in [9.17, 15) is 35.4 Å². The first-order valence-corrected chi connectivity index (χ1v) is 17.0. The van der Waals surface area contributed by atoms with Crippen molar-refractivity contribution < 1.29 is 44.9 Å². The third-order valence-electron chi connectivity index (χ3n) is 14.9. The maximum atomic E-state index is 13.0. The topological polar surface area (TPSA) is 157 Å². The molecule has 9 nitrogen and oxygen atoms in total. The van der Waals surface area contributed by atoms with Gasteiger partial charge < -0.3 is 40.1 Å². The standard InChI is InChI=1S/C35H56O9/c1-30(2)13-14-35(29(41)42)20(15-30)19-7-8-23-31(3)11-10-25(44-28-27(40)26(39)21(37)17-43-28)32(4,18-36)22(31)9-12-33(23,5)34(19,6)16-24(35)38/h7,20-28,36-40H,8-18H2,1-6H3,(H,41,42)/t20-,21+,22+,23-,24+,25+,26-,27+,28-,31+,32+,33-,34-,35+/m1/s1. The molecule has 5 fully saturated rings. The molecule has 6 N–H and O–H groups in total. The summed E-state index contributed by atoms with van der Waals surface area (Å²) in [7, 11) is 0. The molecule has 0 radical (unpaired) electrons. The molecule has 1 heterocycles. The maximum absolute atomic E-state index is 13.0. The van der Waals surface area contributed by atoms with Crippen LogP contribution in [-0.2, 0) is 14.3 Å². The van der Waals surface area contributed by atoms with E-state index in [1.54, 1.807) is 0 Å². The lowest BCUT2D eigenvalue weighted by Crippen LogP contribution is -2.68. The van der Waals surface area contributed by atoms with E-state index in [1.807, 2.05) is 0 Å². The molecule has 0 bridgehead atoms. The van der Waals surface area contributed by atoms with Crippen LogP contribution < -0.4 is 0 Å². The monoisotopic (exact) mass is 620 g/mol. The Balaban J connectivity index is 1.34. The Morgan fingerprint density at radius 2 is 1.64 bits per heavy atom. The van der Waals surface area contributed by atoms with Crippen molar-refractivity contribution in [3.05, 3.63) is 11.6 Å². The zero-order valence-corrected chi connectivity index (χ0v) is 27.5. The molecule has 250 valence electrons. The highest BCUT2D eigenvalue weighted by atomic mass is 16.7. The number of aliphatic hydroxyl groups is 5. The van der Waals surface area contributed by atoms with Gasteiger partial charge >= 0.3 is 5.97 Å². The van der Waals surface area contributed by atoms with E-state index in [1.165, 1.54) is 5.57 Å². The normalized spacial score (nSPS) is 55.1. The number of allylic oxidation sites excluding steroid dienone is 2. The van der Waals surface area contributed by atoms with Crippen molar-refractivity contribution in [3.8, 4) is 0 Å². The van der Waals surface area contributed by atoms with Crippen molar-refractivity contribution in [2.45, 2.75) is 136 Å². The third kappa shape index (κ3) is 4.25. The predicted octanol–water partition coefficient (Wildman–Crippen LogP) is 3.64. The molecule has 14 atom stereocenters. The minimum Gasteiger partial charge on any atom is -0.481 e. The number of aliphatic hydroxyl groups excluding tert-OH is 5. The Morgan fingerprint density at radius 3 is 2.30 bits per heavy atom. The second-order valence-electron chi connectivity index (χ2n) is 17.4. The van der Waals surface area contributed by atoms with Crippen molar-refractivity contribution in [1.82, 2.24) is 0 Å². The molecule has 0 aromatic heterocycles. The summed E-state index contributed by atoms with van der Waals surface area (Å²) in [6, 6.07) is 0. The van der Waals surface area contributed by atoms with E-state index < -0.39 is 53.6 Å². The number of carboxylic acids is 1. The highest BCUT2D eigenvalue weighted by Crippen LogP contribution is 2.76. The summed E-state index contributed by atoms with van der Waals surface area (Å²) in [6.45, 7) is 13.4. The number of ether oxygens (including phenoxy) is 2. The number of carboxylic acid groups (broad SMARTS) is 1. The molecule has 5 aliphatic carbocycles. The smallest absolute Gasteiger partial charge is 0.312 e. The first kappa shape index (κ1) is 32.9. The van der Waals surface area contributed by atoms with Gasteiger partial charge in [0.05, 0.1) is 25.4 Å². The highest BCUT2D eigenvalue weighted by Gasteiger charge is 2.71. The van der Waals surface area contributed by atoms with Crippen LogP contribution in [0.15, 0.2) is 11.6 Å². The van der Waals surface area contributed by atoms with Crippen LogP contribution in [0.2, 0.25) is 0 Å². The predicted molar refractivity (Wildman–Crippen MR) is 162 cm³/mol. The summed E-state index contributed by atoms with van der Waals surface area (Å²) >= 11 is 0. The van der Waals surface area contributed by atoms with Gasteiger partial charge in [0.1, 0.15) is 23.7 Å². The van der Waals surface area contributed by atoms with Gasteiger partial charge in [0, 0.05) is 5.41 Å². The second-order valence-corrected chi connectivity index (χ2v) is 17.4. The Hall–Kier alpha value is -1.07. The summed E-state index contributed by atoms with van der Waals surface area (Å²) in [5.74, 6) is -0.665. The molecule has 1 saturated heterocycles. The maximum Gasteiger partial charge on any atom is 0.312 e. The molecule has 0 aromatic rings. The van der Waals surface area contributed by atoms with Crippen LogP contribution in [0.25, 0.3) is 0 Å². The zero-order valence-electron chi connectivity index (χ0n) is 27.5. The molecule has 6 rings (SSSR count). The summed E-state index contributed by atoms with van der Waals surface area (Å²) < 4.78 is 12.0. The Bertz CT molecular complexity index is 1190. The Morgan fingerprint density at radius 1 is 0.932 bits per heavy atom. The lowest BCUT2D eigenvalue weighted by atomic mass is 9.33. The molecule has 0 unspecified atom stereocenters. The summed E-state index contributed by atoms with van der Waals surface area (Å²) in [5.41, 5.74) is -1.15. The van der Waals surface area contributed by atoms with Crippen LogP contribution >= 0.6 is 0 Å². The SMILES string of the molecule is CC1(C)CC[C@]2(C(=O)O)[C@H](C1)C1=CC[C@@H]3[C@@]4(C)CC[C@H](O[C@H]5OC[C@H](O)[C@@H](O)[C@@H]5O)[C@@](C)(CO)[C@H]4CC[C@@]3(C)[C@]1(C)C[C@@H]2O. The molecular formula is C35H56O9. The van der Waals surface area contributed by atoms with Crippen molar-refractivity contribution in [1.29, 1.82) is 0 Å². The quantitative estimate of drug-likeness (QED) is 0.204. The van der Waals surface area contributed by atoms with Crippen molar-refractivity contribution in [2.24, 2.45) is 50.2 Å². The Labute approximate surface area is 262 Å². The van der Waals surface area contributed by atoms with E-state index in [2.05, 4.69) is 47.6 Å². The van der Waals surface area contributed by atoms with E-state index >= 15 is 0 Å². The number of fused-ring (bicyclic) bond motifs is 7. The highest BCUT2D eigenvalue weighted by molar-refractivity contribution is 5.77. The van der Waals surface area contributed by atoms with E-state index in [4.69, 9.17) is 9.47 Å².